The average Bonchev–Trinajstić information content (AvgIpc) is 3.34. The van der Waals surface area contributed by atoms with Crippen molar-refractivity contribution in [2.75, 3.05) is 6.61 Å². The van der Waals surface area contributed by atoms with E-state index in [0.29, 0.717) is 16.7 Å². The molecular formula is C34H60O7. The standard InChI is InChI=1S/C28H48O.C6H12O6/c1-19(21(3)18-29)9-10-20(2)24-13-14-25-23-12-11-22-8-6-7-16-27(22,4)26(23)15-17-28(24,25)5;7-1-3(9)5(11)6(12)4(10)2-8/h18-20,22-26,29H,6-17H2,1-5H3;1,3-6,8-12H,2H2/t19?,20?,22?,23-,24+,25-,26-,27-,28+;/m0./s1. The molecule has 0 aliphatic heterocycles. The minimum atomic E-state index is -1.79. The third-order valence-electron chi connectivity index (χ3n) is 12.8. The number of hydrogen-bond acceptors (Lipinski definition) is 7. The molecule has 4 aliphatic rings. The number of rotatable bonds is 10. The summed E-state index contributed by atoms with van der Waals surface area (Å²) in [4.78, 5) is 9.90. The molecule has 7 unspecified atom stereocenters. The maximum Gasteiger partial charge on any atom is 0.151 e. The number of hydrogen-bond donors (Lipinski definition) is 6. The summed E-state index contributed by atoms with van der Waals surface area (Å²) in [6, 6.07) is 0. The van der Waals surface area contributed by atoms with Crippen LogP contribution in [0.3, 0.4) is 0 Å². The van der Waals surface area contributed by atoms with Gasteiger partial charge in [-0.25, -0.2) is 0 Å². The third-order valence-corrected chi connectivity index (χ3v) is 12.8. The summed E-state index contributed by atoms with van der Waals surface area (Å²) in [5, 5.41) is 52.9. The molecule has 6 N–H and O–H groups in total. The lowest BCUT2D eigenvalue weighted by Crippen LogP contribution is -2.53. The van der Waals surface area contributed by atoms with Gasteiger partial charge in [-0.2, -0.15) is 0 Å². The lowest BCUT2D eigenvalue weighted by atomic mass is 9.44. The van der Waals surface area contributed by atoms with Gasteiger partial charge in [0.05, 0.1) is 12.9 Å². The Labute approximate surface area is 248 Å². The van der Waals surface area contributed by atoms with Gasteiger partial charge in [-0.1, -0.05) is 40.5 Å². The molecule has 7 nitrogen and oxygen atoms in total. The summed E-state index contributed by atoms with van der Waals surface area (Å²) < 4.78 is 0. The van der Waals surface area contributed by atoms with E-state index < -0.39 is 31.0 Å². The van der Waals surface area contributed by atoms with Crippen LogP contribution in [-0.2, 0) is 4.79 Å². The maximum absolute atomic E-state index is 9.90. The van der Waals surface area contributed by atoms with Gasteiger partial charge in [0, 0.05) is 0 Å². The van der Waals surface area contributed by atoms with Crippen LogP contribution in [-0.4, -0.2) is 67.9 Å². The van der Waals surface area contributed by atoms with Gasteiger partial charge < -0.3 is 35.4 Å². The Morgan fingerprint density at radius 1 is 0.854 bits per heavy atom. The number of carbonyl (C=O) groups excluding carboxylic acids is 1. The first-order chi connectivity index (χ1) is 19.3. The number of allylic oxidation sites excluding steroid dienone is 1. The fraction of sp³-hybridized carbons (Fsp3) is 0.912. The highest BCUT2D eigenvalue weighted by Gasteiger charge is 2.60. The zero-order valence-corrected chi connectivity index (χ0v) is 26.3. The largest absolute Gasteiger partial charge is 0.516 e. The predicted octanol–water partition coefficient (Wildman–Crippen LogP) is 5.17. The summed E-state index contributed by atoms with van der Waals surface area (Å²) in [6.07, 6.45) is 12.2. The molecule has 0 radical (unpaired) electrons. The van der Waals surface area contributed by atoms with Gasteiger partial charge >= 0.3 is 0 Å². The van der Waals surface area contributed by atoms with Crippen LogP contribution in [0.5, 0.6) is 0 Å². The molecule has 0 spiro atoms. The van der Waals surface area contributed by atoms with E-state index in [2.05, 4.69) is 34.6 Å². The summed E-state index contributed by atoms with van der Waals surface area (Å²) in [5.41, 5.74) is 2.42. The molecule has 4 aliphatic carbocycles. The number of aldehydes is 1. The van der Waals surface area contributed by atoms with Crippen LogP contribution in [0, 0.1) is 52.3 Å². The second kappa shape index (κ2) is 14.7. The molecular weight excluding hydrogens is 520 g/mol. The number of aliphatic hydroxyl groups excluding tert-OH is 6. The highest BCUT2D eigenvalue weighted by Crippen LogP contribution is 2.68. The van der Waals surface area contributed by atoms with Crippen molar-refractivity contribution in [1.29, 1.82) is 0 Å². The lowest BCUT2D eigenvalue weighted by molar-refractivity contribution is -0.136. The van der Waals surface area contributed by atoms with Crippen molar-refractivity contribution in [3.8, 4) is 0 Å². The van der Waals surface area contributed by atoms with E-state index >= 15 is 0 Å². The summed E-state index contributed by atoms with van der Waals surface area (Å²) in [7, 11) is 0. The first-order valence-electron chi connectivity index (χ1n) is 16.4. The zero-order chi connectivity index (χ0) is 30.5. The fourth-order valence-electron chi connectivity index (χ4n) is 9.96. The quantitative estimate of drug-likeness (QED) is 0.155. The molecule has 41 heavy (non-hydrogen) atoms. The van der Waals surface area contributed by atoms with Crippen LogP contribution in [0.15, 0.2) is 11.8 Å². The lowest BCUT2D eigenvalue weighted by Gasteiger charge is -2.61. The molecule has 0 bridgehead atoms. The Bertz CT molecular complexity index is 862. The van der Waals surface area contributed by atoms with Crippen LogP contribution in [0.4, 0.5) is 0 Å². The monoisotopic (exact) mass is 580 g/mol. The highest BCUT2D eigenvalue weighted by molar-refractivity contribution is 5.56. The van der Waals surface area contributed by atoms with Gasteiger partial charge in [0.2, 0.25) is 0 Å². The first kappa shape index (κ1) is 34.5. The SMILES string of the molecule is CC(=CO)C(C)CCC(C)[C@H]1CC[C@H]2[C@@H]3CCC4CCCC[C@]4(C)[C@H]3CC[C@]12C.O=CC(O)C(O)C(O)C(O)CO. The van der Waals surface area contributed by atoms with E-state index in [1.165, 1.54) is 76.9 Å². The molecule has 4 fully saturated rings. The molecule has 0 saturated heterocycles. The van der Waals surface area contributed by atoms with Gasteiger partial charge in [-0.15, -0.1) is 0 Å². The van der Waals surface area contributed by atoms with Crippen molar-refractivity contribution in [3.63, 3.8) is 0 Å². The van der Waals surface area contributed by atoms with Gasteiger partial charge in [0.1, 0.15) is 24.4 Å². The molecule has 0 aromatic heterocycles. The molecule has 4 saturated carbocycles. The van der Waals surface area contributed by atoms with E-state index in [1.807, 2.05) is 0 Å². The van der Waals surface area contributed by atoms with Crippen LogP contribution in [0.2, 0.25) is 0 Å². The van der Waals surface area contributed by atoms with Gasteiger partial charge in [0.25, 0.3) is 0 Å². The van der Waals surface area contributed by atoms with E-state index in [4.69, 9.17) is 25.5 Å². The Morgan fingerprint density at radius 3 is 2.17 bits per heavy atom. The Balaban J connectivity index is 0.000000327. The molecule has 13 atom stereocenters. The molecule has 238 valence electrons. The first-order valence-corrected chi connectivity index (χ1v) is 16.4. The van der Waals surface area contributed by atoms with Crippen molar-refractivity contribution in [2.45, 2.75) is 136 Å². The van der Waals surface area contributed by atoms with Gasteiger partial charge in [-0.3, -0.25) is 0 Å². The average molecular weight is 581 g/mol. The van der Waals surface area contributed by atoms with Crippen LogP contribution in [0.25, 0.3) is 0 Å². The van der Waals surface area contributed by atoms with Crippen LogP contribution >= 0.6 is 0 Å². The van der Waals surface area contributed by atoms with E-state index in [1.54, 1.807) is 6.42 Å². The number of carbonyl (C=O) groups is 1. The minimum absolute atomic E-state index is 0.0258. The number of aliphatic hydroxyl groups is 6. The summed E-state index contributed by atoms with van der Waals surface area (Å²) in [6.45, 7) is 11.6. The summed E-state index contributed by atoms with van der Waals surface area (Å²) >= 11 is 0. The number of fused-ring (bicyclic) bond motifs is 5. The third kappa shape index (κ3) is 7.22. The normalized spacial score (nSPS) is 39.5. The maximum atomic E-state index is 9.90. The molecule has 0 amide bonds. The second-order valence-corrected chi connectivity index (χ2v) is 14.8. The molecule has 0 aromatic carbocycles. The van der Waals surface area contributed by atoms with Crippen molar-refractivity contribution in [3.05, 3.63) is 11.8 Å². The predicted molar refractivity (Wildman–Crippen MR) is 161 cm³/mol. The fourth-order valence-corrected chi connectivity index (χ4v) is 9.96. The van der Waals surface area contributed by atoms with Crippen molar-refractivity contribution in [1.82, 2.24) is 0 Å². The highest BCUT2D eigenvalue weighted by atomic mass is 16.4. The molecule has 0 heterocycles. The van der Waals surface area contributed by atoms with E-state index in [9.17, 15) is 9.90 Å². The Morgan fingerprint density at radius 2 is 1.54 bits per heavy atom. The molecule has 0 aromatic rings. The molecule has 7 heteroatoms. The Hall–Kier alpha value is -0.990. The smallest absolute Gasteiger partial charge is 0.151 e. The van der Waals surface area contributed by atoms with E-state index in [0.717, 1.165) is 41.1 Å². The van der Waals surface area contributed by atoms with Gasteiger partial charge in [-0.05, 0) is 129 Å². The topological polar surface area (TPSA) is 138 Å². The van der Waals surface area contributed by atoms with Crippen molar-refractivity contribution < 1.29 is 35.4 Å². The van der Waals surface area contributed by atoms with Crippen molar-refractivity contribution in [2.24, 2.45) is 52.3 Å². The minimum Gasteiger partial charge on any atom is -0.516 e. The van der Waals surface area contributed by atoms with Gasteiger partial charge in [0.15, 0.2) is 6.29 Å². The Kier molecular flexibility index (Phi) is 12.3. The molecule has 4 rings (SSSR count). The van der Waals surface area contributed by atoms with E-state index in [-0.39, 0.29) is 6.29 Å². The summed E-state index contributed by atoms with van der Waals surface area (Å²) in [5.74, 6) is 6.39. The van der Waals surface area contributed by atoms with Crippen LogP contribution in [0.1, 0.15) is 112 Å². The zero-order valence-electron chi connectivity index (χ0n) is 26.3. The van der Waals surface area contributed by atoms with Crippen LogP contribution < -0.4 is 0 Å². The van der Waals surface area contributed by atoms with Crippen molar-refractivity contribution >= 4 is 6.29 Å². The second-order valence-electron chi connectivity index (χ2n) is 14.8.